The van der Waals surface area contributed by atoms with E-state index < -0.39 is 0 Å². The van der Waals surface area contributed by atoms with E-state index in [9.17, 15) is 0 Å². The van der Waals surface area contributed by atoms with Crippen LogP contribution in [0.3, 0.4) is 0 Å². The molecule has 104 valence electrons. The number of nitrogens with zero attached hydrogens (tertiary/aromatic N) is 3. The van der Waals surface area contributed by atoms with Gasteiger partial charge < -0.3 is 4.90 Å². The third-order valence-corrected chi connectivity index (χ3v) is 6.17. The molecule has 0 atom stereocenters. The minimum Gasteiger partial charge on any atom is -0.342 e. The maximum Gasteiger partial charge on any atom is 0.208 e. The van der Waals surface area contributed by atoms with Crippen LogP contribution in [0.5, 0.6) is 0 Å². The highest BCUT2D eigenvalue weighted by atomic mass is 79.9. The molecule has 1 aliphatic heterocycles. The second-order valence-electron chi connectivity index (χ2n) is 5.36. The first-order chi connectivity index (χ1) is 9.72. The van der Waals surface area contributed by atoms with Crippen LogP contribution < -0.4 is 4.90 Å². The molecule has 20 heavy (non-hydrogen) atoms. The van der Waals surface area contributed by atoms with Crippen LogP contribution in [-0.2, 0) is 13.0 Å². The lowest BCUT2D eigenvalue weighted by atomic mass is 10.0. The second-order valence-corrected chi connectivity index (χ2v) is 7.60. The van der Waals surface area contributed by atoms with Gasteiger partial charge >= 0.3 is 0 Å². The molecule has 4 rings (SSSR count). The fourth-order valence-electron chi connectivity index (χ4n) is 2.61. The molecular formula is C14H13BrClN3S. The smallest absolute Gasteiger partial charge is 0.208 e. The highest BCUT2D eigenvalue weighted by Crippen LogP contribution is 2.43. The molecule has 2 heterocycles. The minimum absolute atomic E-state index is 0.677. The average Bonchev–Trinajstić information content (AvgIpc) is 3.20. The van der Waals surface area contributed by atoms with Gasteiger partial charge in [0, 0.05) is 28.5 Å². The molecule has 2 aliphatic rings. The molecule has 0 amide bonds. The Hall–Kier alpha value is -0.650. The van der Waals surface area contributed by atoms with Crippen molar-refractivity contribution in [3.8, 4) is 0 Å². The summed E-state index contributed by atoms with van der Waals surface area (Å²) >= 11 is 11.7. The van der Waals surface area contributed by atoms with Gasteiger partial charge in [-0.3, -0.25) is 0 Å². The van der Waals surface area contributed by atoms with Crippen LogP contribution in [0, 0.1) is 0 Å². The van der Waals surface area contributed by atoms with Crippen LogP contribution in [0.1, 0.15) is 34.9 Å². The third-order valence-electron chi connectivity index (χ3n) is 3.92. The molecule has 0 unspecified atom stereocenters. The van der Waals surface area contributed by atoms with Crippen LogP contribution in [0.25, 0.3) is 0 Å². The van der Waals surface area contributed by atoms with Crippen molar-refractivity contribution >= 4 is 44.0 Å². The number of fused-ring (bicyclic) bond motifs is 1. The van der Waals surface area contributed by atoms with Crippen molar-refractivity contribution in [1.29, 1.82) is 0 Å². The average molecular weight is 371 g/mol. The van der Waals surface area contributed by atoms with E-state index in [1.54, 1.807) is 11.3 Å². The monoisotopic (exact) mass is 369 g/mol. The zero-order valence-corrected chi connectivity index (χ0v) is 13.9. The first kappa shape index (κ1) is 13.0. The summed E-state index contributed by atoms with van der Waals surface area (Å²) in [4.78, 5) is 2.30. The lowest BCUT2D eigenvalue weighted by Gasteiger charge is -2.29. The summed E-state index contributed by atoms with van der Waals surface area (Å²) < 4.78 is 1.16. The summed E-state index contributed by atoms with van der Waals surface area (Å²) in [6.45, 7) is 1.80. The van der Waals surface area contributed by atoms with E-state index in [4.69, 9.17) is 11.6 Å². The molecule has 0 bridgehead atoms. The number of aromatic nitrogens is 2. The molecule has 0 saturated heterocycles. The van der Waals surface area contributed by atoms with Crippen molar-refractivity contribution in [2.24, 2.45) is 0 Å². The summed E-state index contributed by atoms with van der Waals surface area (Å²) in [6.07, 6.45) is 3.54. The third kappa shape index (κ3) is 2.26. The van der Waals surface area contributed by atoms with E-state index in [1.165, 1.54) is 29.0 Å². The predicted octanol–water partition coefficient (Wildman–Crippen LogP) is 4.39. The highest BCUT2D eigenvalue weighted by molar-refractivity contribution is 9.10. The van der Waals surface area contributed by atoms with Gasteiger partial charge in [0.25, 0.3) is 0 Å². The Labute approximate surface area is 135 Å². The first-order valence-corrected chi connectivity index (χ1v) is 8.75. The van der Waals surface area contributed by atoms with Gasteiger partial charge in [-0.1, -0.05) is 38.9 Å². The van der Waals surface area contributed by atoms with E-state index in [1.807, 2.05) is 12.1 Å². The van der Waals surface area contributed by atoms with Crippen molar-refractivity contribution in [3.63, 3.8) is 0 Å². The number of rotatable bonds is 2. The molecule has 0 spiro atoms. The van der Waals surface area contributed by atoms with Crippen LogP contribution in [0.4, 0.5) is 5.13 Å². The van der Waals surface area contributed by atoms with Crippen LogP contribution in [0.15, 0.2) is 16.6 Å². The predicted molar refractivity (Wildman–Crippen MR) is 85.8 cm³/mol. The van der Waals surface area contributed by atoms with E-state index in [0.29, 0.717) is 5.92 Å². The molecule has 1 aliphatic carbocycles. The van der Waals surface area contributed by atoms with Crippen LogP contribution in [-0.4, -0.2) is 16.7 Å². The zero-order chi connectivity index (χ0) is 13.7. The molecule has 2 aromatic rings. The summed E-state index contributed by atoms with van der Waals surface area (Å²) in [5.41, 5.74) is 2.55. The lowest BCUT2D eigenvalue weighted by molar-refractivity contribution is 0.720. The SMILES string of the molecule is Clc1ccc(Br)c2c1CN(c1nnc(C3CC3)s1)CC2. The first-order valence-electron chi connectivity index (χ1n) is 6.76. The van der Waals surface area contributed by atoms with Gasteiger partial charge in [0.05, 0.1) is 0 Å². The van der Waals surface area contributed by atoms with E-state index >= 15 is 0 Å². The van der Waals surface area contributed by atoms with Gasteiger partial charge in [-0.25, -0.2) is 0 Å². The second kappa shape index (κ2) is 4.97. The summed E-state index contributed by atoms with van der Waals surface area (Å²) in [6, 6.07) is 4.00. The van der Waals surface area contributed by atoms with Crippen molar-refractivity contribution in [2.45, 2.75) is 31.7 Å². The Morgan fingerprint density at radius 2 is 2.10 bits per heavy atom. The quantitative estimate of drug-likeness (QED) is 0.785. The van der Waals surface area contributed by atoms with Crippen molar-refractivity contribution in [3.05, 3.63) is 37.8 Å². The maximum absolute atomic E-state index is 6.35. The summed E-state index contributed by atoms with van der Waals surface area (Å²) in [5, 5.41) is 11.8. The fourth-order valence-corrected chi connectivity index (χ4v) is 4.45. The maximum atomic E-state index is 6.35. The Morgan fingerprint density at radius 1 is 1.25 bits per heavy atom. The van der Waals surface area contributed by atoms with E-state index in [2.05, 4.69) is 31.0 Å². The molecule has 0 N–H and O–H groups in total. The molecule has 1 saturated carbocycles. The van der Waals surface area contributed by atoms with Gasteiger partial charge in [-0.05, 0) is 42.5 Å². The largest absolute Gasteiger partial charge is 0.342 e. The standard InChI is InChI=1S/C14H13BrClN3S/c15-11-3-4-12(16)10-7-19(6-5-9(10)11)14-18-17-13(20-14)8-1-2-8/h3-4,8H,1-2,5-7H2. The highest BCUT2D eigenvalue weighted by Gasteiger charge is 2.29. The number of halogens is 2. The van der Waals surface area contributed by atoms with Gasteiger partial charge in [0.15, 0.2) is 0 Å². The van der Waals surface area contributed by atoms with Gasteiger partial charge in [0.2, 0.25) is 5.13 Å². The molecule has 1 fully saturated rings. The van der Waals surface area contributed by atoms with Gasteiger partial charge in [-0.15, -0.1) is 10.2 Å². The molecule has 1 aromatic heterocycles. The molecular weight excluding hydrogens is 358 g/mol. The van der Waals surface area contributed by atoms with Crippen molar-refractivity contribution < 1.29 is 0 Å². The summed E-state index contributed by atoms with van der Waals surface area (Å²) in [7, 11) is 0. The molecule has 0 radical (unpaired) electrons. The number of hydrogen-bond donors (Lipinski definition) is 0. The number of benzene rings is 1. The Bertz CT molecular complexity index is 668. The molecule has 1 aromatic carbocycles. The van der Waals surface area contributed by atoms with Crippen LogP contribution >= 0.6 is 38.9 Å². The van der Waals surface area contributed by atoms with E-state index in [0.717, 1.165) is 34.1 Å². The van der Waals surface area contributed by atoms with Crippen LogP contribution in [0.2, 0.25) is 5.02 Å². The molecule has 6 heteroatoms. The Morgan fingerprint density at radius 3 is 2.90 bits per heavy atom. The normalized spacial score (nSPS) is 18.2. The summed E-state index contributed by atoms with van der Waals surface area (Å²) in [5.74, 6) is 0.677. The van der Waals surface area contributed by atoms with Gasteiger partial charge in [0.1, 0.15) is 5.01 Å². The lowest BCUT2D eigenvalue weighted by Crippen LogP contribution is -2.30. The van der Waals surface area contributed by atoms with Gasteiger partial charge in [-0.2, -0.15) is 0 Å². The fraction of sp³-hybridized carbons (Fsp3) is 0.429. The van der Waals surface area contributed by atoms with E-state index in [-0.39, 0.29) is 0 Å². The van der Waals surface area contributed by atoms with Crippen molar-refractivity contribution in [1.82, 2.24) is 10.2 Å². The van der Waals surface area contributed by atoms with Crippen molar-refractivity contribution in [2.75, 3.05) is 11.4 Å². The number of hydrogen-bond acceptors (Lipinski definition) is 4. The molecule has 3 nitrogen and oxygen atoms in total. The Balaban J connectivity index is 1.63. The zero-order valence-electron chi connectivity index (χ0n) is 10.8. The minimum atomic E-state index is 0.677. The topological polar surface area (TPSA) is 29.0 Å². The Kier molecular flexibility index (Phi) is 3.24. The number of anilines is 1.